The Balaban J connectivity index is 0.00000261. The van der Waals surface area contributed by atoms with E-state index in [1.807, 2.05) is 0 Å². The molecule has 0 bridgehead atoms. The first-order chi connectivity index (χ1) is 12.4. The fourth-order valence-electron chi connectivity index (χ4n) is 2.55. The summed E-state index contributed by atoms with van der Waals surface area (Å²) in [7, 11) is -6.76. The summed E-state index contributed by atoms with van der Waals surface area (Å²) in [6.45, 7) is -0.315. The van der Waals surface area contributed by atoms with Gasteiger partial charge in [-0.1, -0.05) is 37.8 Å². The van der Waals surface area contributed by atoms with E-state index in [2.05, 4.69) is 9.35 Å². The third kappa shape index (κ3) is 4.67. The molecule has 3 rings (SSSR count). The van der Waals surface area contributed by atoms with Crippen LogP contribution in [-0.2, 0) is 27.1 Å². The number of sulfonamides is 1. The van der Waals surface area contributed by atoms with Crippen LogP contribution in [0.15, 0.2) is 68.6 Å². The largest absolute Gasteiger partial charge is 0.445 e. The molecule has 2 N–H and O–H groups in total. The summed E-state index contributed by atoms with van der Waals surface area (Å²) in [6.07, 6.45) is 2.98. The number of hydrogen-bond acceptors (Lipinski definition) is 7. The van der Waals surface area contributed by atoms with Crippen LogP contribution < -0.4 is 5.14 Å². The fraction of sp³-hybridized carbons (Fsp3) is 0.118. The van der Waals surface area contributed by atoms with E-state index in [4.69, 9.17) is 9.56 Å². The minimum atomic E-state index is -4.11. The molecule has 1 heterocycles. The molecule has 142 valence electrons. The van der Waals surface area contributed by atoms with Crippen molar-refractivity contribution in [2.45, 2.75) is 18.9 Å². The van der Waals surface area contributed by atoms with Crippen LogP contribution in [0, 0.1) is 0 Å². The summed E-state index contributed by atoms with van der Waals surface area (Å²) < 4.78 is 54.1. The van der Waals surface area contributed by atoms with Crippen molar-refractivity contribution in [1.29, 1.82) is 0 Å². The lowest BCUT2D eigenvalue weighted by Crippen LogP contribution is -2.16. The Morgan fingerprint density at radius 2 is 1.74 bits per heavy atom. The first-order valence-electron chi connectivity index (χ1n) is 7.28. The molecule has 0 aliphatic carbocycles. The molecule has 0 aliphatic heterocycles. The monoisotopic (exact) mass is 407 g/mol. The highest BCUT2D eigenvalue weighted by molar-refractivity contribution is 7.89. The average molecular weight is 407 g/mol. The van der Waals surface area contributed by atoms with Crippen molar-refractivity contribution in [3.63, 3.8) is 0 Å². The van der Waals surface area contributed by atoms with Crippen molar-refractivity contribution in [3.05, 3.63) is 60.5 Å². The van der Waals surface area contributed by atoms with Crippen LogP contribution in [0.5, 0.6) is 0 Å². The second-order valence-corrected chi connectivity index (χ2v) is 7.45. The van der Waals surface area contributed by atoms with Crippen LogP contribution in [0.25, 0.3) is 22.6 Å². The molecule has 0 amide bonds. The summed E-state index contributed by atoms with van der Waals surface area (Å²) in [5, 5.41) is 5.36. The van der Waals surface area contributed by atoms with Crippen molar-refractivity contribution in [2.24, 2.45) is 9.50 Å². The fourth-order valence-corrected chi connectivity index (χ4v) is 3.79. The lowest BCUT2D eigenvalue weighted by atomic mass is 10.0. The van der Waals surface area contributed by atoms with E-state index in [9.17, 15) is 16.8 Å². The number of nitrogens with zero attached hydrogens (tertiary/aromatic N) is 2. The SMILES string of the molecule is C.NS(=O)(=O)c1c(CN=S(=O)=O)cccc1-c1ccc(-c2ncco2)cc1. The predicted molar refractivity (Wildman–Crippen MR) is 101 cm³/mol. The molecule has 0 aliphatic rings. The maximum absolute atomic E-state index is 12.1. The Hall–Kier alpha value is -2.82. The van der Waals surface area contributed by atoms with Crippen LogP contribution >= 0.6 is 0 Å². The predicted octanol–water partition coefficient (Wildman–Crippen LogP) is 2.85. The van der Waals surface area contributed by atoms with E-state index in [-0.39, 0.29) is 24.4 Å². The standard InChI is InChI=1S/C16H13N3O5S2.CH4/c17-26(22,23)15-13(10-19-25(20)21)2-1-3-14(15)11-4-6-12(7-5-11)16-18-8-9-24-16;/h1-9H,10H2,(H2,17,22,23);1H4. The summed E-state index contributed by atoms with van der Waals surface area (Å²) in [4.78, 5) is 3.89. The molecule has 10 heteroatoms. The van der Waals surface area contributed by atoms with Gasteiger partial charge in [-0.05, 0) is 23.3 Å². The summed E-state index contributed by atoms with van der Waals surface area (Å²) in [5.74, 6) is 0.439. The normalized spacial score (nSPS) is 10.9. The van der Waals surface area contributed by atoms with Gasteiger partial charge in [0.25, 0.3) is 0 Å². The van der Waals surface area contributed by atoms with Crippen LogP contribution in [-0.4, -0.2) is 21.8 Å². The first kappa shape index (κ1) is 20.5. The van der Waals surface area contributed by atoms with Gasteiger partial charge in [-0.15, -0.1) is 0 Å². The third-order valence-corrected chi connectivity index (χ3v) is 4.99. The van der Waals surface area contributed by atoms with Gasteiger partial charge in [-0.25, -0.2) is 18.5 Å². The van der Waals surface area contributed by atoms with Crippen LogP contribution in [0.3, 0.4) is 0 Å². The molecule has 1 aromatic heterocycles. The van der Waals surface area contributed by atoms with Crippen LogP contribution in [0.4, 0.5) is 0 Å². The second-order valence-electron chi connectivity index (χ2n) is 5.26. The number of rotatable bonds is 5. The summed E-state index contributed by atoms with van der Waals surface area (Å²) in [5.41, 5.74) is 1.88. The Kier molecular flexibility index (Phi) is 6.26. The van der Waals surface area contributed by atoms with Crippen molar-refractivity contribution in [2.75, 3.05) is 0 Å². The Bertz CT molecular complexity index is 1160. The van der Waals surface area contributed by atoms with Gasteiger partial charge in [-0.2, -0.15) is 12.8 Å². The number of benzene rings is 2. The molecule has 3 aromatic rings. The number of nitrogens with two attached hydrogens (primary N) is 1. The first-order valence-corrected chi connectivity index (χ1v) is 9.86. The molecule has 0 unspecified atom stereocenters. The maximum atomic E-state index is 12.1. The molecule has 0 spiro atoms. The number of aromatic nitrogens is 1. The Labute approximate surface area is 158 Å². The molecule has 0 saturated heterocycles. The van der Waals surface area contributed by atoms with Crippen molar-refractivity contribution in [1.82, 2.24) is 4.98 Å². The van der Waals surface area contributed by atoms with Gasteiger partial charge in [0.1, 0.15) is 6.26 Å². The highest BCUT2D eigenvalue weighted by atomic mass is 32.2. The summed E-state index contributed by atoms with van der Waals surface area (Å²) >= 11 is 0. The van der Waals surface area contributed by atoms with Crippen molar-refractivity contribution >= 4 is 20.5 Å². The molecule has 0 atom stereocenters. The van der Waals surface area contributed by atoms with E-state index >= 15 is 0 Å². The van der Waals surface area contributed by atoms with E-state index < -0.39 is 20.5 Å². The topological polar surface area (TPSA) is 133 Å². The third-order valence-electron chi connectivity index (χ3n) is 3.60. The zero-order valence-electron chi connectivity index (χ0n) is 13.2. The van der Waals surface area contributed by atoms with E-state index in [1.54, 1.807) is 36.4 Å². The smallest absolute Gasteiger partial charge is 0.311 e. The van der Waals surface area contributed by atoms with Crippen molar-refractivity contribution in [3.8, 4) is 22.6 Å². The molecule has 27 heavy (non-hydrogen) atoms. The van der Waals surface area contributed by atoms with Gasteiger partial charge < -0.3 is 4.42 Å². The van der Waals surface area contributed by atoms with Gasteiger partial charge in [0.15, 0.2) is 0 Å². The van der Waals surface area contributed by atoms with Gasteiger partial charge in [0.05, 0.1) is 17.6 Å². The van der Waals surface area contributed by atoms with E-state index in [0.717, 1.165) is 5.56 Å². The minimum Gasteiger partial charge on any atom is -0.445 e. The number of primary sulfonamides is 1. The quantitative estimate of drug-likeness (QED) is 0.691. The maximum Gasteiger partial charge on any atom is 0.311 e. The van der Waals surface area contributed by atoms with Gasteiger partial charge in [0.2, 0.25) is 15.9 Å². The molecule has 0 fully saturated rings. The van der Waals surface area contributed by atoms with Crippen molar-refractivity contribution < 1.29 is 21.3 Å². The van der Waals surface area contributed by atoms with E-state index in [1.165, 1.54) is 18.5 Å². The molecular weight excluding hydrogens is 390 g/mol. The molecule has 8 nitrogen and oxygen atoms in total. The highest BCUT2D eigenvalue weighted by Crippen LogP contribution is 2.31. The van der Waals surface area contributed by atoms with E-state index in [0.29, 0.717) is 17.0 Å². The van der Waals surface area contributed by atoms with Crippen LogP contribution in [0.1, 0.15) is 13.0 Å². The van der Waals surface area contributed by atoms with Crippen LogP contribution in [0.2, 0.25) is 0 Å². The Morgan fingerprint density at radius 1 is 1.07 bits per heavy atom. The zero-order chi connectivity index (χ0) is 18.7. The molecule has 0 radical (unpaired) electrons. The average Bonchev–Trinajstić information content (AvgIpc) is 3.13. The highest BCUT2D eigenvalue weighted by Gasteiger charge is 2.20. The van der Waals surface area contributed by atoms with Gasteiger partial charge in [-0.3, -0.25) is 0 Å². The number of hydrogen-bond donors (Lipinski definition) is 1. The summed E-state index contributed by atoms with van der Waals surface area (Å²) in [6, 6.07) is 11.6. The number of oxazole rings is 1. The van der Waals surface area contributed by atoms with Gasteiger partial charge >= 0.3 is 10.5 Å². The second kappa shape index (κ2) is 8.25. The van der Waals surface area contributed by atoms with Gasteiger partial charge in [0, 0.05) is 11.1 Å². The lowest BCUT2D eigenvalue weighted by molar-refractivity contribution is 0.574. The molecule has 2 aromatic carbocycles. The zero-order valence-corrected chi connectivity index (χ0v) is 14.9. The minimum absolute atomic E-state index is 0. The lowest BCUT2D eigenvalue weighted by Gasteiger charge is -2.12. The molecular formula is C17H17N3O5S2. The Morgan fingerprint density at radius 3 is 2.30 bits per heavy atom. The molecule has 0 saturated carbocycles.